The minimum absolute atomic E-state index is 0.0813. The topological polar surface area (TPSA) is 94.2 Å². The molecule has 1 saturated heterocycles. The Labute approximate surface area is 197 Å². The van der Waals surface area contributed by atoms with Crippen LogP contribution in [0.15, 0.2) is 47.4 Å². The Morgan fingerprint density at radius 2 is 1.76 bits per heavy atom. The maximum Gasteiger partial charge on any atom is 0.387 e. The van der Waals surface area contributed by atoms with Gasteiger partial charge < -0.3 is 19.5 Å². The number of nitrogens with one attached hydrogen (secondary N) is 1. The summed E-state index contributed by atoms with van der Waals surface area (Å²) in [5.41, 5.74) is 0.978. The second-order valence-corrected chi connectivity index (χ2v) is 9.91. The number of sulfonamides is 1. The third-order valence-corrected chi connectivity index (χ3v) is 7.13. The van der Waals surface area contributed by atoms with Crippen molar-refractivity contribution >= 4 is 15.9 Å². The number of morpholine rings is 1. The molecule has 2 atom stereocenters. The summed E-state index contributed by atoms with van der Waals surface area (Å²) in [6.45, 7) is 1.44. The lowest BCUT2D eigenvalue weighted by Crippen LogP contribution is -2.48. The van der Waals surface area contributed by atoms with Crippen molar-refractivity contribution in [2.24, 2.45) is 0 Å². The van der Waals surface area contributed by atoms with Gasteiger partial charge in [0.2, 0.25) is 10.0 Å². The number of amides is 1. The monoisotopic (exact) mass is 498 g/mol. The second-order valence-electron chi connectivity index (χ2n) is 7.97. The van der Waals surface area contributed by atoms with Gasteiger partial charge in [0.25, 0.3) is 5.91 Å². The Kier molecular flexibility index (Phi) is 8.45. The van der Waals surface area contributed by atoms with Gasteiger partial charge in [0, 0.05) is 25.2 Å². The highest BCUT2D eigenvalue weighted by Gasteiger charge is 2.32. The van der Waals surface area contributed by atoms with Crippen LogP contribution in [0, 0.1) is 0 Å². The van der Waals surface area contributed by atoms with Gasteiger partial charge in [-0.1, -0.05) is 6.07 Å². The molecule has 186 valence electrons. The quantitative estimate of drug-likeness (QED) is 0.571. The summed E-state index contributed by atoms with van der Waals surface area (Å²) in [6.07, 6.45) is -0.0329. The predicted molar refractivity (Wildman–Crippen MR) is 121 cm³/mol. The highest BCUT2D eigenvalue weighted by molar-refractivity contribution is 7.89. The van der Waals surface area contributed by atoms with Crippen molar-refractivity contribution < 1.29 is 36.2 Å². The molecule has 0 saturated carbocycles. The van der Waals surface area contributed by atoms with Crippen LogP contribution in [0.25, 0.3) is 0 Å². The molecule has 34 heavy (non-hydrogen) atoms. The zero-order chi connectivity index (χ0) is 24.9. The van der Waals surface area contributed by atoms with E-state index < -0.39 is 16.6 Å². The third-order valence-electron chi connectivity index (χ3n) is 5.28. The molecular formula is C23H28F2N2O6S. The largest absolute Gasteiger partial charge is 0.493 e. The number of halogens is 2. The van der Waals surface area contributed by atoms with Crippen LogP contribution in [0.1, 0.15) is 29.8 Å². The van der Waals surface area contributed by atoms with E-state index in [0.29, 0.717) is 17.5 Å². The van der Waals surface area contributed by atoms with E-state index in [1.807, 2.05) is 13.8 Å². The van der Waals surface area contributed by atoms with Gasteiger partial charge in [-0.05, 0) is 62.2 Å². The van der Waals surface area contributed by atoms with Crippen molar-refractivity contribution in [2.75, 3.05) is 26.7 Å². The minimum Gasteiger partial charge on any atom is -0.493 e. The fourth-order valence-electron chi connectivity index (χ4n) is 3.74. The molecule has 0 radical (unpaired) electrons. The van der Waals surface area contributed by atoms with Crippen molar-refractivity contribution in [3.63, 3.8) is 0 Å². The molecule has 1 heterocycles. The summed E-state index contributed by atoms with van der Waals surface area (Å²) in [4.78, 5) is 12.6. The normalized spacial score (nSPS) is 19.1. The Morgan fingerprint density at radius 1 is 1.12 bits per heavy atom. The molecular weight excluding hydrogens is 470 g/mol. The van der Waals surface area contributed by atoms with Crippen molar-refractivity contribution in [3.8, 4) is 11.5 Å². The molecule has 1 aliphatic rings. The fourth-order valence-corrected chi connectivity index (χ4v) is 5.33. The van der Waals surface area contributed by atoms with Crippen molar-refractivity contribution in [1.29, 1.82) is 0 Å². The van der Waals surface area contributed by atoms with Gasteiger partial charge in [-0.15, -0.1) is 0 Å². The summed E-state index contributed by atoms with van der Waals surface area (Å²) in [5.74, 6) is -0.276. The van der Waals surface area contributed by atoms with Crippen LogP contribution >= 0.6 is 0 Å². The lowest BCUT2D eigenvalue weighted by Gasteiger charge is -2.34. The number of hydrogen-bond donors (Lipinski definition) is 1. The highest BCUT2D eigenvalue weighted by Crippen LogP contribution is 2.29. The molecule has 8 nitrogen and oxygen atoms in total. The Morgan fingerprint density at radius 3 is 2.35 bits per heavy atom. The highest BCUT2D eigenvalue weighted by atomic mass is 32.2. The molecule has 1 fully saturated rings. The first-order valence-corrected chi connectivity index (χ1v) is 12.2. The summed E-state index contributed by atoms with van der Waals surface area (Å²) < 4.78 is 67.5. The molecule has 1 N–H and O–H groups in total. The lowest BCUT2D eigenvalue weighted by atomic mass is 10.1. The number of ether oxygens (including phenoxy) is 3. The molecule has 1 aliphatic heterocycles. The van der Waals surface area contributed by atoms with Crippen LogP contribution in [0.3, 0.4) is 0 Å². The molecule has 0 aromatic heterocycles. The Hall–Kier alpha value is -2.76. The van der Waals surface area contributed by atoms with E-state index in [0.717, 1.165) is 0 Å². The average Bonchev–Trinajstić information content (AvgIpc) is 2.78. The first kappa shape index (κ1) is 25.9. The number of alkyl halides is 2. The van der Waals surface area contributed by atoms with Crippen LogP contribution in [-0.4, -0.2) is 64.2 Å². The maximum absolute atomic E-state index is 12.9. The van der Waals surface area contributed by atoms with Gasteiger partial charge in [-0.2, -0.15) is 13.1 Å². The van der Waals surface area contributed by atoms with Crippen molar-refractivity contribution in [2.45, 2.75) is 44.0 Å². The molecule has 0 aliphatic carbocycles. The van der Waals surface area contributed by atoms with Crippen LogP contribution in [0.2, 0.25) is 0 Å². The van der Waals surface area contributed by atoms with Crippen molar-refractivity contribution in [3.05, 3.63) is 53.6 Å². The fraction of sp³-hybridized carbons (Fsp3) is 0.435. The maximum atomic E-state index is 12.9. The number of nitrogens with zero attached hydrogens (tertiary/aromatic N) is 1. The Bertz CT molecular complexity index is 1090. The predicted octanol–water partition coefficient (Wildman–Crippen LogP) is 3.07. The Balaban J connectivity index is 1.59. The van der Waals surface area contributed by atoms with E-state index in [1.165, 1.54) is 47.8 Å². The number of rotatable bonds is 9. The number of carbonyl (C=O) groups excluding carboxylic acids is 1. The minimum atomic E-state index is -3.70. The van der Waals surface area contributed by atoms with Gasteiger partial charge in [0.05, 0.1) is 24.2 Å². The summed E-state index contributed by atoms with van der Waals surface area (Å²) >= 11 is 0. The van der Waals surface area contributed by atoms with Gasteiger partial charge in [0.1, 0.15) is 0 Å². The molecule has 3 rings (SSSR count). The second kappa shape index (κ2) is 11.1. The van der Waals surface area contributed by atoms with Crippen molar-refractivity contribution in [1.82, 2.24) is 9.62 Å². The molecule has 0 spiro atoms. The van der Waals surface area contributed by atoms with Crippen LogP contribution in [0.4, 0.5) is 8.78 Å². The van der Waals surface area contributed by atoms with Crippen LogP contribution < -0.4 is 14.8 Å². The molecule has 2 aromatic carbocycles. The lowest BCUT2D eigenvalue weighted by molar-refractivity contribution is -0.0512. The van der Waals surface area contributed by atoms with Gasteiger partial charge >= 0.3 is 6.61 Å². The summed E-state index contributed by atoms with van der Waals surface area (Å²) in [6, 6.07) is 10.4. The molecule has 2 unspecified atom stereocenters. The van der Waals surface area contributed by atoms with Gasteiger partial charge in [-0.25, -0.2) is 8.42 Å². The number of hydrogen-bond acceptors (Lipinski definition) is 6. The standard InChI is InChI=1S/C23H28F2N2O6S/c1-15-13-27(14-16(2)32-15)34(29,30)19-7-5-18(6-8-19)22(28)26-11-10-17-4-9-20(31-3)21(12-17)33-23(24)25/h4-9,12,15-16,23H,10-11,13-14H2,1-3H3,(H,26,28). The summed E-state index contributed by atoms with van der Waals surface area (Å²) in [7, 11) is -2.34. The van der Waals surface area contributed by atoms with Crippen LogP contribution in [-0.2, 0) is 21.2 Å². The van der Waals surface area contributed by atoms with E-state index in [9.17, 15) is 22.0 Å². The van der Waals surface area contributed by atoms with E-state index in [-0.39, 0.29) is 54.1 Å². The van der Waals surface area contributed by atoms with Gasteiger partial charge in [0.15, 0.2) is 11.5 Å². The first-order valence-electron chi connectivity index (χ1n) is 10.8. The zero-order valence-corrected chi connectivity index (χ0v) is 20.0. The molecule has 1 amide bonds. The SMILES string of the molecule is COc1ccc(CCNC(=O)c2ccc(S(=O)(=O)N3CC(C)OC(C)C3)cc2)cc1OC(F)F. The van der Waals surface area contributed by atoms with Crippen LogP contribution in [0.5, 0.6) is 11.5 Å². The number of carbonyl (C=O) groups is 1. The molecule has 0 bridgehead atoms. The number of methoxy groups -OCH3 is 1. The number of benzene rings is 2. The first-order chi connectivity index (χ1) is 16.1. The summed E-state index contributed by atoms with van der Waals surface area (Å²) in [5, 5.41) is 2.73. The third kappa shape index (κ3) is 6.43. The average molecular weight is 499 g/mol. The smallest absolute Gasteiger partial charge is 0.387 e. The van der Waals surface area contributed by atoms with Gasteiger partial charge in [-0.3, -0.25) is 4.79 Å². The van der Waals surface area contributed by atoms with E-state index >= 15 is 0 Å². The van der Waals surface area contributed by atoms with E-state index in [2.05, 4.69) is 10.1 Å². The molecule has 2 aromatic rings. The molecule has 11 heteroatoms. The zero-order valence-electron chi connectivity index (χ0n) is 19.2. The van der Waals surface area contributed by atoms with E-state index in [4.69, 9.17) is 9.47 Å². The van der Waals surface area contributed by atoms with E-state index in [1.54, 1.807) is 6.07 Å².